The second-order valence-electron chi connectivity index (χ2n) is 11.0. The van der Waals surface area contributed by atoms with E-state index in [9.17, 15) is 22.4 Å². The summed E-state index contributed by atoms with van der Waals surface area (Å²) in [5.74, 6) is -2.10. The summed E-state index contributed by atoms with van der Waals surface area (Å²) in [7, 11) is 0. The Morgan fingerprint density at radius 1 is 0.756 bits per heavy atom. The van der Waals surface area contributed by atoms with E-state index in [4.69, 9.17) is 9.47 Å². The van der Waals surface area contributed by atoms with Gasteiger partial charge in [0.2, 0.25) is 11.6 Å². The summed E-state index contributed by atoms with van der Waals surface area (Å²) in [5, 5.41) is 0. The van der Waals surface area contributed by atoms with E-state index in [0.717, 1.165) is 57.8 Å². The zero-order valence-corrected chi connectivity index (χ0v) is 24.3. The molecule has 0 atom stereocenters. The van der Waals surface area contributed by atoms with Crippen LogP contribution in [0.4, 0.5) is 17.6 Å². The number of benzene rings is 2. The van der Waals surface area contributed by atoms with Crippen LogP contribution < -0.4 is 9.47 Å². The molecule has 2 aromatic rings. The monoisotopic (exact) mass is 574 g/mol. The van der Waals surface area contributed by atoms with Crippen LogP contribution in [0.1, 0.15) is 115 Å². The Hall–Kier alpha value is -3.01. The SMILES string of the molecule is CCCCCCCCOc1c(F)c(F)c(C#Cc2ccc(OC(=O)C3CCC(CCCCC)CC3)cc2)c(F)c1F. The van der Waals surface area contributed by atoms with Crippen molar-refractivity contribution >= 4 is 5.97 Å². The zero-order valence-electron chi connectivity index (χ0n) is 24.3. The molecular weight excluding hydrogens is 532 g/mol. The second-order valence-corrected chi connectivity index (χ2v) is 11.0. The van der Waals surface area contributed by atoms with Crippen LogP contribution in [0.5, 0.6) is 11.5 Å². The molecule has 224 valence electrons. The lowest BCUT2D eigenvalue weighted by Crippen LogP contribution is -2.25. The molecule has 0 unspecified atom stereocenters. The maximum Gasteiger partial charge on any atom is 0.314 e. The van der Waals surface area contributed by atoms with E-state index in [2.05, 4.69) is 25.7 Å². The van der Waals surface area contributed by atoms with Gasteiger partial charge < -0.3 is 9.47 Å². The third-order valence-electron chi connectivity index (χ3n) is 7.77. The molecule has 0 spiro atoms. The average Bonchev–Trinajstić information content (AvgIpc) is 2.98. The molecule has 3 rings (SSSR count). The van der Waals surface area contributed by atoms with Crippen molar-refractivity contribution in [2.45, 2.75) is 104 Å². The van der Waals surface area contributed by atoms with Crippen LogP contribution in [0.2, 0.25) is 0 Å². The standard InChI is InChI=1S/C34H42F4O3/c1-3-5-7-8-9-11-23-40-33-31(37)29(35)28(30(36)32(33)38)22-17-25-15-20-27(21-16-25)41-34(39)26-18-13-24(14-19-26)12-10-6-4-2/h15-16,20-21,24,26H,3-14,18-19,23H2,1-2H3. The lowest BCUT2D eigenvalue weighted by molar-refractivity contribution is -0.140. The van der Waals surface area contributed by atoms with Gasteiger partial charge in [0.15, 0.2) is 17.4 Å². The van der Waals surface area contributed by atoms with Gasteiger partial charge in [-0.15, -0.1) is 0 Å². The smallest absolute Gasteiger partial charge is 0.314 e. The highest BCUT2D eigenvalue weighted by molar-refractivity contribution is 5.75. The van der Waals surface area contributed by atoms with Crippen LogP contribution in [0.25, 0.3) is 0 Å². The number of halogens is 4. The predicted octanol–water partition coefficient (Wildman–Crippen LogP) is 9.67. The summed E-state index contributed by atoms with van der Waals surface area (Å²) < 4.78 is 68.8. The molecule has 0 heterocycles. The van der Waals surface area contributed by atoms with Gasteiger partial charge in [0.1, 0.15) is 11.3 Å². The minimum atomic E-state index is -1.60. The molecule has 1 aliphatic rings. The van der Waals surface area contributed by atoms with Crippen LogP contribution >= 0.6 is 0 Å². The van der Waals surface area contributed by atoms with Gasteiger partial charge >= 0.3 is 5.97 Å². The van der Waals surface area contributed by atoms with Crippen LogP contribution in [-0.4, -0.2) is 12.6 Å². The van der Waals surface area contributed by atoms with Gasteiger partial charge in [0.25, 0.3) is 0 Å². The maximum atomic E-state index is 14.6. The Morgan fingerprint density at radius 2 is 1.34 bits per heavy atom. The van der Waals surface area contributed by atoms with Gasteiger partial charge in [-0.2, -0.15) is 8.78 Å². The first-order valence-electron chi connectivity index (χ1n) is 15.2. The summed E-state index contributed by atoms with van der Waals surface area (Å²) in [5.41, 5.74) is -0.673. The van der Waals surface area contributed by atoms with Gasteiger partial charge in [-0.3, -0.25) is 4.79 Å². The average molecular weight is 575 g/mol. The normalized spacial score (nSPS) is 16.6. The van der Waals surface area contributed by atoms with Gasteiger partial charge in [0, 0.05) is 5.56 Å². The molecule has 41 heavy (non-hydrogen) atoms. The van der Waals surface area contributed by atoms with Crippen molar-refractivity contribution in [1.82, 2.24) is 0 Å². The molecule has 1 aliphatic carbocycles. The third-order valence-corrected chi connectivity index (χ3v) is 7.77. The summed E-state index contributed by atoms with van der Waals surface area (Å²) in [6.07, 6.45) is 14.2. The van der Waals surface area contributed by atoms with Crippen LogP contribution in [0.3, 0.4) is 0 Å². The van der Waals surface area contributed by atoms with E-state index >= 15 is 0 Å². The molecule has 0 bridgehead atoms. The molecular formula is C34H42F4O3. The molecule has 3 nitrogen and oxygen atoms in total. The van der Waals surface area contributed by atoms with Crippen LogP contribution in [0.15, 0.2) is 24.3 Å². The minimum absolute atomic E-state index is 0.0406. The zero-order chi connectivity index (χ0) is 29.6. The number of hydrogen-bond acceptors (Lipinski definition) is 3. The van der Waals surface area contributed by atoms with Crippen molar-refractivity contribution in [3.8, 4) is 23.3 Å². The Bertz CT molecular complexity index is 1150. The van der Waals surface area contributed by atoms with Crippen molar-refractivity contribution in [2.75, 3.05) is 6.61 Å². The van der Waals surface area contributed by atoms with Crippen molar-refractivity contribution in [1.29, 1.82) is 0 Å². The molecule has 0 radical (unpaired) electrons. The number of ether oxygens (including phenoxy) is 2. The number of esters is 1. The predicted molar refractivity (Wildman–Crippen MR) is 153 cm³/mol. The molecule has 0 aromatic heterocycles. The largest absolute Gasteiger partial charge is 0.487 e. The van der Waals surface area contributed by atoms with Crippen LogP contribution in [0, 0.1) is 46.9 Å². The third kappa shape index (κ3) is 9.80. The highest BCUT2D eigenvalue weighted by Crippen LogP contribution is 2.33. The maximum absolute atomic E-state index is 14.6. The number of unbranched alkanes of at least 4 members (excludes halogenated alkanes) is 7. The number of carbonyl (C=O) groups is 1. The second kappa shape index (κ2) is 17.1. The minimum Gasteiger partial charge on any atom is -0.487 e. The van der Waals surface area contributed by atoms with Gasteiger partial charge in [0.05, 0.1) is 12.5 Å². The van der Waals surface area contributed by atoms with Crippen molar-refractivity contribution in [3.05, 3.63) is 58.7 Å². The van der Waals surface area contributed by atoms with E-state index in [1.54, 1.807) is 0 Å². The first-order valence-corrected chi connectivity index (χ1v) is 15.2. The van der Waals surface area contributed by atoms with E-state index in [1.807, 2.05) is 0 Å². The topological polar surface area (TPSA) is 35.5 Å². The lowest BCUT2D eigenvalue weighted by atomic mass is 9.80. The number of hydrogen-bond donors (Lipinski definition) is 0. The first kappa shape index (κ1) is 32.5. The summed E-state index contributed by atoms with van der Waals surface area (Å²) >= 11 is 0. The summed E-state index contributed by atoms with van der Waals surface area (Å²) in [6, 6.07) is 6.10. The molecule has 0 aliphatic heterocycles. The molecule has 0 N–H and O–H groups in total. The van der Waals surface area contributed by atoms with Crippen LogP contribution in [-0.2, 0) is 4.79 Å². The fourth-order valence-electron chi connectivity index (χ4n) is 5.21. The Morgan fingerprint density at radius 3 is 1.98 bits per heavy atom. The van der Waals surface area contributed by atoms with Crippen molar-refractivity contribution < 1.29 is 31.8 Å². The van der Waals surface area contributed by atoms with Gasteiger partial charge in [-0.25, -0.2) is 8.78 Å². The molecule has 0 amide bonds. The van der Waals surface area contributed by atoms with Crippen molar-refractivity contribution in [2.24, 2.45) is 11.8 Å². The Labute approximate surface area is 242 Å². The number of rotatable bonds is 14. The van der Waals surface area contributed by atoms with E-state index in [-0.39, 0.29) is 18.5 Å². The highest BCUT2D eigenvalue weighted by atomic mass is 19.2. The van der Waals surface area contributed by atoms with Gasteiger partial charge in [-0.05, 0) is 62.3 Å². The quantitative estimate of drug-likeness (QED) is 0.0563. The molecule has 1 saturated carbocycles. The fraction of sp³-hybridized carbons (Fsp3) is 0.559. The van der Waals surface area contributed by atoms with E-state index in [0.29, 0.717) is 23.7 Å². The summed E-state index contributed by atoms with van der Waals surface area (Å²) in [6.45, 7) is 4.25. The van der Waals surface area contributed by atoms with E-state index in [1.165, 1.54) is 49.9 Å². The summed E-state index contributed by atoms with van der Waals surface area (Å²) in [4.78, 5) is 12.6. The van der Waals surface area contributed by atoms with Crippen molar-refractivity contribution in [3.63, 3.8) is 0 Å². The number of carbonyl (C=O) groups excluding carboxylic acids is 1. The molecule has 0 saturated heterocycles. The molecule has 1 fully saturated rings. The Balaban J connectivity index is 1.55. The first-order chi connectivity index (χ1) is 19.8. The van der Waals surface area contributed by atoms with E-state index < -0.39 is 34.6 Å². The lowest BCUT2D eigenvalue weighted by Gasteiger charge is -2.27. The van der Waals surface area contributed by atoms with Gasteiger partial charge in [-0.1, -0.05) is 83.5 Å². The fourth-order valence-corrected chi connectivity index (χ4v) is 5.21. The molecule has 7 heteroatoms. The highest BCUT2D eigenvalue weighted by Gasteiger charge is 2.28. The Kier molecular flexibility index (Phi) is 13.5. The molecule has 2 aromatic carbocycles.